The zero-order valence-electron chi connectivity index (χ0n) is 14.3. The van der Waals surface area contributed by atoms with Gasteiger partial charge in [0.25, 0.3) is 0 Å². The highest BCUT2D eigenvalue weighted by molar-refractivity contribution is 5.99. The summed E-state index contributed by atoms with van der Waals surface area (Å²) in [7, 11) is 0. The topological polar surface area (TPSA) is 61.8 Å². The summed E-state index contributed by atoms with van der Waals surface area (Å²) in [6, 6.07) is 12.2. The maximum atomic E-state index is 12.2. The van der Waals surface area contributed by atoms with Gasteiger partial charge in [-0.2, -0.15) is 0 Å². The number of carbonyl (C=O) groups excluding carboxylic acids is 2. The Balaban J connectivity index is 1.59. The summed E-state index contributed by atoms with van der Waals surface area (Å²) in [5.74, 6) is 0.746. The van der Waals surface area contributed by atoms with Crippen molar-refractivity contribution in [3.8, 4) is 11.5 Å². The molecule has 1 heterocycles. The van der Waals surface area contributed by atoms with Gasteiger partial charge in [0.15, 0.2) is 23.9 Å². The lowest BCUT2D eigenvalue weighted by atomic mass is 9.97. The van der Waals surface area contributed by atoms with Crippen molar-refractivity contribution in [1.29, 1.82) is 0 Å². The maximum Gasteiger partial charge on any atom is 0.338 e. The highest BCUT2D eigenvalue weighted by Crippen LogP contribution is 2.32. The molecule has 3 rings (SSSR count). The third-order valence-corrected chi connectivity index (χ3v) is 4.36. The van der Waals surface area contributed by atoms with Crippen LogP contribution < -0.4 is 9.47 Å². The molecule has 0 bridgehead atoms. The van der Waals surface area contributed by atoms with Crippen LogP contribution in [0.1, 0.15) is 52.5 Å². The van der Waals surface area contributed by atoms with Crippen LogP contribution >= 0.6 is 0 Å². The SMILES string of the molecule is CCC(C)c1ccc(C(=O)COC(=O)c2ccc3c(c2)OCO3)cc1. The highest BCUT2D eigenvalue weighted by atomic mass is 16.7. The van der Waals surface area contributed by atoms with Gasteiger partial charge in [0, 0.05) is 5.56 Å². The van der Waals surface area contributed by atoms with E-state index in [1.807, 2.05) is 12.1 Å². The van der Waals surface area contributed by atoms with Crippen LogP contribution in [0.4, 0.5) is 0 Å². The molecule has 1 atom stereocenters. The molecule has 2 aromatic rings. The molecule has 0 saturated heterocycles. The fraction of sp³-hybridized carbons (Fsp3) is 0.300. The van der Waals surface area contributed by atoms with Crippen molar-refractivity contribution in [2.24, 2.45) is 0 Å². The number of Topliss-reactive ketones (excluding diaryl/α,β-unsaturated/α-hetero) is 1. The van der Waals surface area contributed by atoms with Crippen LogP contribution in [-0.2, 0) is 4.74 Å². The Morgan fingerprint density at radius 3 is 2.44 bits per heavy atom. The first kappa shape index (κ1) is 17.0. The van der Waals surface area contributed by atoms with E-state index >= 15 is 0 Å². The average Bonchev–Trinajstić information content (AvgIpc) is 3.13. The molecular formula is C20H20O5. The van der Waals surface area contributed by atoms with E-state index in [2.05, 4.69) is 13.8 Å². The normalized spacial score (nSPS) is 13.4. The van der Waals surface area contributed by atoms with Gasteiger partial charge in [-0.15, -0.1) is 0 Å². The number of fused-ring (bicyclic) bond motifs is 1. The van der Waals surface area contributed by atoms with E-state index in [4.69, 9.17) is 14.2 Å². The molecule has 0 spiro atoms. The number of esters is 1. The Labute approximate surface area is 146 Å². The van der Waals surface area contributed by atoms with E-state index in [9.17, 15) is 9.59 Å². The van der Waals surface area contributed by atoms with Gasteiger partial charge in [-0.05, 0) is 36.1 Å². The summed E-state index contributed by atoms with van der Waals surface area (Å²) in [5.41, 5.74) is 2.05. The van der Waals surface area contributed by atoms with Crippen LogP contribution in [-0.4, -0.2) is 25.2 Å². The fourth-order valence-corrected chi connectivity index (χ4v) is 2.55. The van der Waals surface area contributed by atoms with Gasteiger partial charge in [0.2, 0.25) is 6.79 Å². The minimum Gasteiger partial charge on any atom is -0.454 e. The molecule has 0 N–H and O–H groups in total. The Morgan fingerprint density at radius 2 is 1.72 bits per heavy atom. The van der Waals surface area contributed by atoms with Crippen molar-refractivity contribution >= 4 is 11.8 Å². The van der Waals surface area contributed by atoms with Gasteiger partial charge in [0.1, 0.15) is 0 Å². The second-order valence-electron chi connectivity index (χ2n) is 6.00. The molecule has 130 valence electrons. The molecule has 0 aliphatic carbocycles. The average molecular weight is 340 g/mol. The van der Waals surface area contributed by atoms with E-state index in [0.717, 1.165) is 6.42 Å². The van der Waals surface area contributed by atoms with Crippen molar-refractivity contribution in [2.75, 3.05) is 13.4 Å². The number of hydrogen-bond donors (Lipinski definition) is 0. The lowest BCUT2D eigenvalue weighted by Crippen LogP contribution is -2.14. The molecular weight excluding hydrogens is 320 g/mol. The van der Waals surface area contributed by atoms with Crippen molar-refractivity contribution in [2.45, 2.75) is 26.2 Å². The molecule has 0 amide bonds. The number of rotatable bonds is 6. The van der Waals surface area contributed by atoms with Crippen molar-refractivity contribution < 1.29 is 23.8 Å². The zero-order chi connectivity index (χ0) is 17.8. The van der Waals surface area contributed by atoms with E-state index in [-0.39, 0.29) is 19.2 Å². The van der Waals surface area contributed by atoms with Crippen LogP contribution in [0.2, 0.25) is 0 Å². The smallest absolute Gasteiger partial charge is 0.338 e. The molecule has 1 aliphatic heterocycles. The summed E-state index contributed by atoms with van der Waals surface area (Å²) in [6.07, 6.45) is 1.04. The van der Waals surface area contributed by atoms with Crippen LogP contribution in [0, 0.1) is 0 Å². The molecule has 0 saturated carbocycles. The zero-order valence-corrected chi connectivity index (χ0v) is 14.3. The molecule has 0 aromatic heterocycles. The molecule has 5 heteroatoms. The molecule has 1 aliphatic rings. The largest absolute Gasteiger partial charge is 0.454 e. The lowest BCUT2D eigenvalue weighted by molar-refractivity contribution is 0.0474. The second kappa shape index (κ2) is 7.38. The van der Waals surface area contributed by atoms with Crippen LogP contribution in [0.5, 0.6) is 11.5 Å². The van der Waals surface area contributed by atoms with Gasteiger partial charge in [-0.1, -0.05) is 38.1 Å². The predicted molar refractivity (Wildman–Crippen MR) is 92.3 cm³/mol. The van der Waals surface area contributed by atoms with Gasteiger partial charge in [-0.3, -0.25) is 4.79 Å². The Morgan fingerprint density at radius 1 is 1.04 bits per heavy atom. The Hall–Kier alpha value is -2.82. The number of hydrogen-bond acceptors (Lipinski definition) is 5. The number of ether oxygens (including phenoxy) is 3. The monoisotopic (exact) mass is 340 g/mol. The first-order chi connectivity index (χ1) is 12.1. The standard InChI is InChI=1S/C20H20O5/c1-3-13(2)14-4-6-15(7-5-14)17(21)11-23-20(22)16-8-9-18-19(10-16)25-12-24-18/h4-10,13H,3,11-12H2,1-2H3. The number of ketones is 1. The number of carbonyl (C=O) groups is 2. The Kier molecular flexibility index (Phi) is 5.03. The number of benzene rings is 2. The minimum absolute atomic E-state index is 0.138. The molecule has 0 fully saturated rings. The van der Waals surface area contributed by atoms with Crippen molar-refractivity contribution in [3.63, 3.8) is 0 Å². The fourth-order valence-electron chi connectivity index (χ4n) is 2.55. The van der Waals surface area contributed by atoms with Gasteiger partial charge >= 0.3 is 5.97 Å². The molecule has 1 unspecified atom stereocenters. The van der Waals surface area contributed by atoms with E-state index < -0.39 is 5.97 Å². The van der Waals surface area contributed by atoms with E-state index in [1.54, 1.807) is 30.3 Å². The van der Waals surface area contributed by atoms with Crippen LogP contribution in [0.25, 0.3) is 0 Å². The quantitative estimate of drug-likeness (QED) is 0.588. The molecule has 2 aromatic carbocycles. The first-order valence-electron chi connectivity index (χ1n) is 8.28. The Bertz CT molecular complexity index is 779. The predicted octanol–water partition coefficient (Wildman–Crippen LogP) is 3.97. The summed E-state index contributed by atoms with van der Waals surface area (Å²) in [5, 5.41) is 0. The molecule has 0 radical (unpaired) electrons. The van der Waals surface area contributed by atoms with E-state index in [0.29, 0.717) is 28.5 Å². The maximum absolute atomic E-state index is 12.2. The summed E-state index contributed by atoms with van der Waals surface area (Å²) >= 11 is 0. The van der Waals surface area contributed by atoms with Gasteiger partial charge < -0.3 is 14.2 Å². The third-order valence-electron chi connectivity index (χ3n) is 4.36. The molecule has 5 nitrogen and oxygen atoms in total. The summed E-state index contributed by atoms with van der Waals surface area (Å²) in [4.78, 5) is 24.3. The van der Waals surface area contributed by atoms with Crippen LogP contribution in [0.3, 0.4) is 0 Å². The minimum atomic E-state index is -0.567. The summed E-state index contributed by atoms with van der Waals surface area (Å²) in [6.45, 7) is 4.11. The third kappa shape index (κ3) is 3.82. The summed E-state index contributed by atoms with van der Waals surface area (Å²) < 4.78 is 15.5. The van der Waals surface area contributed by atoms with Crippen molar-refractivity contribution in [1.82, 2.24) is 0 Å². The molecule has 25 heavy (non-hydrogen) atoms. The van der Waals surface area contributed by atoms with Crippen molar-refractivity contribution in [3.05, 3.63) is 59.2 Å². The first-order valence-corrected chi connectivity index (χ1v) is 8.28. The van der Waals surface area contributed by atoms with E-state index in [1.165, 1.54) is 5.56 Å². The highest BCUT2D eigenvalue weighted by Gasteiger charge is 2.18. The van der Waals surface area contributed by atoms with Gasteiger partial charge in [-0.25, -0.2) is 4.79 Å². The van der Waals surface area contributed by atoms with Crippen LogP contribution in [0.15, 0.2) is 42.5 Å². The second-order valence-corrected chi connectivity index (χ2v) is 6.00. The van der Waals surface area contributed by atoms with Gasteiger partial charge in [0.05, 0.1) is 5.56 Å². The lowest BCUT2D eigenvalue weighted by Gasteiger charge is -2.09.